The number of benzene rings is 1. The van der Waals surface area contributed by atoms with Gasteiger partial charge in [-0.2, -0.15) is 0 Å². The summed E-state index contributed by atoms with van der Waals surface area (Å²) in [5.74, 6) is 0.534. The average molecular weight is 288 g/mol. The monoisotopic (exact) mass is 288 g/mol. The van der Waals surface area contributed by atoms with Crippen LogP contribution in [-0.4, -0.2) is 36.4 Å². The van der Waals surface area contributed by atoms with Crippen molar-refractivity contribution in [3.8, 4) is 0 Å². The van der Waals surface area contributed by atoms with Gasteiger partial charge in [0.05, 0.1) is 6.54 Å². The number of nitrogens with zero attached hydrogens (tertiary/aromatic N) is 2. The fraction of sp³-hybridized carbons (Fsp3) is 0.500. The summed E-state index contributed by atoms with van der Waals surface area (Å²) in [6.07, 6.45) is 3.89. The van der Waals surface area contributed by atoms with Crippen molar-refractivity contribution in [2.75, 3.05) is 25.0 Å². The maximum absolute atomic E-state index is 12.0. The highest BCUT2D eigenvalue weighted by atomic mass is 16.2. The molecule has 0 atom stereocenters. The van der Waals surface area contributed by atoms with Gasteiger partial charge in [-0.3, -0.25) is 9.79 Å². The largest absolute Gasteiger partial charge is 0.370 e. The van der Waals surface area contributed by atoms with Crippen molar-refractivity contribution in [2.45, 2.75) is 32.6 Å². The van der Waals surface area contributed by atoms with Gasteiger partial charge in [-0.1, -0.05) is 17.7 Å². The number of hydrogen-bond acceptors (Lipinski definition) is 2. The molecule has 5 nitrogen and oxygen atoms in total. The van der Waals surface area contributed by atoms with Gasteiger partial charge in [-0.25, -0.2) is 0 Å². The highest BCUT2D eigenvalue weighted by molar-refractivity contribution is 5.92. The zero-order valence-corrected chi connectivity index (χ0v) is 12.6. The molecule has 0 spiro atoms. The third kappa shape index (κ3) is 5.10. The molecule has 0 saturated carbocycles. The fourth-order valence-electron chi connectivity index (χ4n) is 2.40. The van der Waals surface area contributed by atoms with E-state index in [0.717, 1.165) is 31.6 Å². The molecular formula is C16H24N4O. The Hall–Kier alpha value is -2.04. The van der Waals surface area contributed by atoms with Gasteiger partial charge in [-0.05, 0) is 38.3 Å². The van der Waals surface area contributed by atoms with E-state index in [2.05, 4.69) is 10.3 Å². The third-order valence-corrected chi connectivity index (χ3v) is 3.64. The number of piperidine rings is 1. The van der Waals surface area contributed by atoms with Gasteiger partial charge in [0.25, 0.3) is 0 Å². The van der Waals surface area contributed by atoms with Crippen molar-refractivity contribution < 1.29 is 4.79 Å². The van der Waals surface area contributed by atoms with Crippen LogP contribution in [0.3, 0.4) is 0 Å². The van der Waals surface area contributed by atoms with E-state index in [0.29, 0.717) is 18.9 Å². The molecule has 3 N–H and O–H groups in total. The summed E-state index contributed by atoms with van der Waals surface area (Å²) in [5, 5.41) is 3.03. The molecule has 1 saturated heterocycles. The molecule has 1 fully saturated rings. The van der Waals surface area contributed by atoms with Crippen LogP contribution in [0.2, 0.25) is 0 Å². The van der Waals surface area contributed by atoms with Gasteiger partial charge >= 0.3 is 0 Å². The maximum atomic E-state index is 12.0. The molecule has 114 valence electrons. The van der Waals surface area contributed by atoms with Crippen LogP contribution in [0.25, 0.3) is 0 Å². The minimum absolute atomic E-state index is 0.182. The molecule has 0 bridgehead atoms. The summed E-state index contributed by atoms with van der Waals surface area (Å²) in [4.78, 5) is 18.1. The molecule has 1 aliphatic rings. The Morgan fingerprint density at radius 2 is 1.90 bits per heavy atom. The van der Waals surface area contributed by atoms with Crippen LogP contribution in [0.1, 0.15) is 31.2 Å². The minimum atomic E-state index is 0.182. The first-order valence-electron chi connectivity index (χ1n) is 7.56. The minimum Gasteiger partial charge on any atom is -0.370 e. The number of carbonyl (C=O) groups is 1. The molecule has 1 amide bonds. The summed E-state index contributed by atoms with van der Waals surface area (Å²) < 4.78 is 0. The molecule has 1 heterocycles. The molecule has 0 radical (unpaired) electrons. The van der Waals surface area contributed by atoms with E-state index in [9.17, 15) is 4.79 Å². The molecule has 1 aromatic rings. The molecule has 21 heavy (non-hydrogen) atoms. The smallest absolute Gasteiger partial charge is 0.224 e. The Morgan fingerprint density at radius 1 is 1.24 bits per heavy atom. The number of carbonyl (C=O) groups excluding carboxylic acids is 1. The summed E-state index contributed by atoms with van der Waals surface area (Å²) in [6.45, 7) is 4.24. The lowest BCUT2D eigenvalue weighted by Gasteiger charge is -2.26. The van der Waals surface area contributed by atoms with Crippen molar-refractivity contribution in [1.82, 2.24) is 4.90 Å². The molecule has 5 heteroatoms. The Labute approximate surface area is 126 Å². The maximum Gasteiger partial charge on any atom is 0.224 e. The van der Waals surface area contributed by atoms with Crippen LogP contribution < -0.4 is 11.1 Å². The van der Waals surface area contributed by atoms with Gasteiger partial charge in [0.1, 0.15) is 0 Å². The first-order valence-corrected chi connectivity index (χ1v) is 7.56. The predicted octanol–water partition coefficient (Wildman–Crippen LogP) is 2.12. The SMILES string of the molecule is Cc1ccc(NC(N)=NCCC(=O)N2CCCCC2)cc1. The number of amides is 1. The molecular weight excluding hydrogens is 264 g/mol. The molecule has 1 aliphatic heterocycles. The number of aliphatic imine (C=N–C) groups is 1. The number of nitrogens with one attached hydrogen (secondary N) is 1. The van der Waals surface area contributed by atoms with Gasteiger partial charge in [-0.15, -0.1) is 0 Å². The molecule has 0 unspecified atom stereocenters. The van der Waals surface area contributed by atoms with Crippen LogP contribution in [-0.2, 0) is 4.79 Å². The molecule has 1 aromatic carbocycles. The number of anilines is 1. The van der Waals surface area contributed by atoms with Crippen LogP contribution in [0.4, 0.5) is 5.69 Å². The number of guanidine groups is 1. The normalized spacial score (nSPS) is 15.9. The Kier molecular flexibility index (Phi) is 5.60. The Balaban J connectivity index is 1.75. The van der Waals surface area contributed by atoms with Crippen LogP contribution in [0.15, 0.2) is 29.3 Å². The number of nitrogens with two attached hydrogens (primary N) is 1. The first kappa shape index (κ1) is 15.4. The fourth-order valence-corrected chi connectivity index (χ4v) is 2.40. The van der Waals surface area contributed by atoms with E-state index >= 15 is 0 Å². The van der Waals surface area contributed by atoms with Crippen molar-refractivity contribution in [3.05, 3.63) is 29.8 Å². The molecule has 2 rings (SSSR count). The summed E-state index contributed by atoms with van der Waals surface area (Å²) >= 11 is 0. The van der Waals surface area contributed by atoms with Gasteiger partial charge in [0, 0.05) is 25.2 Å². The van der Waals surface area contributed by atoms with Crippen LogP contribution in [0.5, 0.6) is 0 Å². The van der Waals surface area contributed by atoms with E-state index in [1.165, 1.54) is 12.0 Å². The van der Waals surface area contributed by atoms with Gasteiger partial charge in [0.15, 0.2) is 5.96 Å². The van der Waals surface area contributed by atoms with Gasteiger partial charge in [0.2, 0.25) is 5.91 Å². The van der Waals surface area contributed by atoms with Crippen molar-refractivity contribution >= 4 is 17.6 Å². The van der Waals surface area contributed by atoms with E-state index in [4.69, 9.17) is 5.73 Å². The predicted molar refractivity (Wildman–Crippen MR) is 86.3 cm³/mol. The lowest BCUT2D eigenvalue weighted by molar-refractivity contribution is -0.131. The standard InChI is InChI=1S/C16H24N4O/c1-13-5-7-14(8-6-13)19-16(17)18-10-9-15(21)20-11-3-2-4-12-20/h5-8H,2-4,9-12H2,1H3,(H3,17,18,19). The number of rotatable bonds is 4. The number of aryl methyl sites for hydroxylation is 1. The second kappa shape index (κ2) is 7.67. The second-order valence-electron chi connectivity index (χ2n) is 5.45. The Morgan fingerprint density at radius 3 is 2.57 bits per heavy atom. The average Bonchev–Trinajstić information content (AvgIpc) is 2.50. The Bertz CT molecular complexity index is 490. The van der Waals surface area contributed by atoms with E-state index in [-0.39, 0.29) is 5.91 Å². The molecule has 0 aromatic heterocycles. The van der Waals surface area contributed by atoms with Crippen molar-refractivity contribution in [1.29, 1.82) is 0 Å². The zero-order chi connectivity index (χ0) is 15.1. The summed E-state index contributed by atoms with van der Waals surface area (Å²) in [6, 6.07) is 7.93. The van der Waals surface area contributed by atoms with Crippen molar-refractivity contribution in [2.24, 2.45) is 10.7 Å². The molecule has 0 aliphatic carbocycles. The topological polar surface area (TPSA) is 70.7 Å². The van der Waals surface area contributed by atoms with E-state index in [1.54, 1.807) is 0 Å². The van der Waals surface area contributed by atoms with Crippen LogP contribution in [0, 0.1) is 6.92 Å². The van der Waals surface area contributed by atoms with Crippen molar-refractivity contribution in [3.63, 3.8) is 0 Å². The van der Waals surface area contributed by atoms with Gasteiger partial charge < -0.3 is 16.0 Å². The highest BCUT2D eigenvalue weighted by Crippen LogP contribution is 2.10. The van der Waals surface area contributed by atoms with E-state index in [1.807, 2.05) is 36.1 Å². The third-order valence-electron chi connectivity index (χ3n) is 3.64. The quantitative estimate of drug-likeness (QED) is 0.658. The highest BCUT2D eigenvalue weighted by Gasteiger charge is 2.15. The summed E-state index contributed by atoms with van der Waals surface area (Å²) in [7, 11) is 0. The first-order chi connectivity index (χ1) is 10.1. The zero-order valence-electron chi connectivity index (χ0n) is 12.6. The van der Waals surface area contributed by atoms with Crippen LogP contribution >= 0.6 is 0 Å². The van der Waals surface area contributed by atoms with E-state index < -0.39 is 0 Å². The second-order valence-corrected chi connectivity index (χ2v) is 5.45. The number of likely N-dealkylation sites (tertiary alicyclic amines) is 1. The number of hydrogen-bond donors (Lipinski definition) is 2. The summed E-state index contributed by atoms with van der Waals surface area (Å²) in [5.41, 5.74) is 7.93. The lowest BCUT2D eigenvalue weighted by Crippen LogP contribution is -2.36. The lowest BCUT2D eigenvalue weighted by atomic mass is 10.1.